The highest BCUT2D eigenvalue weighted by atomic mass is 28.1. The molecule has 0 N–H and O–H groups in total. The van der Waals surface area contributed by atoms with Crippen molar-refractivity contribution >= 4 is 21.1 Å². The molecule has 0 amide bonds. The van der Waals surface area contributed by atoms with Crippen molar-refractivity contribution in [1.82, 2.24) is 0 Å². The summed E-state index contributed by atoms with van der Waals surface area (Å²) in [4.78, 5) is 2.32. The van der Waals surface area contributed by atoms with Gasteiger partial charge < -0.3 is 4.90 Å². The Morgan fingerprint density at radius 3 is 2.25 bits per heavy atom. The predicted octanol–water partition coefficient (Wildman–Crippen LogP) is 1.33. The van der Waals surface area contributed by atoms with Gasteiger partial charge in [-0.15, -0.1) is 0 Å². The minimum absolute atomic E-state index is 1.05. The molecule has 0 bridgehead atoms. The summed E-state index contributed by atoms with van der Waals surface area (Å²) in [6, 6.07) is 8.31. The van der Waals surface area contributed by atoms with E-state index in [9.17, 15) is 0 Å². The Hall–Kier alpha value is -0.763. The number of para-hydroxylation sites is 1. The molecule has 0 spiro atoms. The van der Waals surface area contributed by atoms with Crippen LogP contribution in [0.3, 0.4) is 0 Å². The van der Waals surface area contributed by atoms with E-state index in [1.54, 1.807) is 0 Å². The molecule has 0 fully saturated rings. The number of hydrogen-bond donors (Lipinski definition) is 0. The van der Waals surface area contributed by atoms with Crippen LogP contribution in [0.1, 0.15) is 13.8 Å². The highest BCUT2D eigenvalue weighted by Crippen LogP contribution is 2.08. The molecule has 0 unspecified atom stereocenters. The second-order valence-corrected chi connectivity index (χ2v) is 3.23. The molecule has 0 aliphatic heterocycles. The molecule has 0 heterocycles. The zero-order chi connectivity index (χ0) is 8.97. The number of nitrogens with zero attached hydrogens (tertiary/aromatic N) is 1. The van der Waals surface area contributed by atoms with Crippen molar-refractivity contribution in [2.24, 2.45) is 0 Å². The van der Waals surface area contributed by atoms with E-state index in [0.717, 1.165) is 13.1 Å². The van der Waals surface area contributed by atoms with E-state index in [4.69, 9.17) is 0 Å². The lowest BCUT2D eigenvalue weighted by molar-refractivity contribution is 0.869. The molecule has 0 saturated heterocycles. The second kappa shape index (κ2) is 4.31. The first-order valence-electron chi connectivity index (χ1n) is 4.35. The maximum absolute atomic E-state index is 3.59. The minimum Gasteiger partial charge on any atom is -0.372 e. The molecule has 0 aliphatic rings. The van der Waals surface area contributed by atoms with Crippen LogP contribution >= 0.6 is 0 Å². The monoisotopic (exact) mass is 176 g/mol. The van der Waals surface area contributed by atoms with E-state index in [2.05, 4.69) is 47.2 Å². The lowest BCUT2D eigenvalue weighted by atomic mass is 10.3. The Balaban J connectivity index is 2.92. The zero-order valence-electron chi connectivity index (χ0n) is 7.67. The highest BCUT2D eigenvalue weighted by molar-refractivity contribution is 6.35. The molecule has 0 saturated carbocycles. The number of anilines is 1. The van der Waals surface area contributed by atoms with Crippen LogP contribution in [0.15, 0.2) is 24.3 Å². The number of rotatable bonds is 3. The maximum Gasteiger partial charge on any atom is 0.0741 e. The summed E-state index contributed by atoms with van der Waals surface area (Å²) in [5.41, 5.74) is 1.28. The first kappa shape index (κ1) is 9.33. The fourth-order valence-electron chi connectivity index (χ4n) is 1.31. The van der Waals surface area contributed by atoms with E-state index in [0.29, 0.717) is 0 Å². The molecule has 12 heavy (non-hydrogen) atoms. The summed E-state index contributed by atoms with van der Waals surface area (Å²) in [6.45, 7) is 6.44. The van der Waals surface area contributed by atoms with Crippen LogP contribution in [0.4, 0.5) is 5.69 Å². The van der Waals surface area contributed by atoms with E-state index in [1.807, 2.05) is 6.07 Å². The zero-order valence-corrected chi connectivity index (χ0v) is 8.67. The Labute approximate surface area is 77.8 Å². The summed E-state index contributed by atoms with van der Waals surface area (Å²) >= 11 is 0. The molecular formula is C10H14NSi. The van der Waals surface area contributed by atoms with Crippen LogP contribution in [0.5, 0.6) is 0 Å². The van der Waals surface area contributed by atoms with Crippen LogP contribution in [0.25, 0.3) is 0 Å². The molecule has 0 atom stereocenters. The van der Waals surface area contributed by atoms with Gasteiger partial charge in [-0.3, -0.25) is 0 Å². The Morgan fingerprint density at radius 2 is 1.75 bits per heavy atom. The van der Waals surface area contributed by atoms with Gasteiger partial charge in [0.1, 0.15) is 0 Å². The molecule has 3 radical (unpaired) electrons. The van der Waals surface area contributed by atoms with Crippen LogP contribution in [-0.4, -0.2) is 23.3 Å². The first-order valence-corrected chi connectivity index (χ1v) is 4.85. The summed E-state index contributed by atoms with van der Waals surface area (Å²) in [5.74, 6) is 0. The smallest absolute Gasteiger partial charge is 0.0741 e. The summed E-state index contributed by atoms with van der Waals surface area (Å²) in [6.07, 6.45) is 0. The van der Waals surface area contributed by atoms with Crippen LogP contribution in [-0.2, 0) is 0 Å². The molecule has 0 aromatic heterocycles. The Kier molecular flexibility index (Phi) is 3.35. The SMILES string of the molecule is CCN(CC)c1ccccc1[Si]. The van der Waals surface area contributed by atoms with Crippen molar-refractivity contribution in [1.29, 1.82) is 0 Å². The average molecular weight is 176 g/mol. The summed E-state index contributed by atoms with van der Waals surface area (Å²) < 4.78 is 0. The highest BCUT2D eigenvalue weighted by Gasteiger charge is 2.02. The molecule has 1 rings (SSSR count). The third-order valence-corrected chi connectivity index (χ3v) is 2.43. The molecule has 63 valence electrons. The minimum atomic E-state index is 1.05. The lowest BCUT2D eigenvalue weighted by Gasteiger charge is -2.22. The predicted molar refractivity (Wildman–Crippen MR) is 55.4 cm³/mol. The van der Waals surface area contributed by atoms with Gasteiger partial charge in [0, 0.05) is 18.8 Å². The Morgan fingerprint density at radius 1 is 1.17 bits per heavy atom. The van der Waals surface area contributed by atoms with Gasteiger partial charge in [-0.05, 0) is 25.1 Å². The van der Waals surface area contributed by atoms with Crippen LogP contribution < -0.4 is 10.1 Å². The van der Waals surface area contributed by atoms with Gasteiger partial charge in [0.15, 0.2) is 0 Å². The third kappa shape index (κ3) is 1.88. The topological polar surface area (TPSA) is 3.24 Å². The molecule has 1 aromatic rings. The van der Waals surface area contributed by atoms with E-state index < -0.39 is 0 Å². The van der Waals surface area contributed by atoms with E-state index in [-0.39, 0.29) is 0 Å². The summed E-state index contributed by atoms with van der Waals surface area (Å²) in [7, 11) is 3.59. The van der Waals surface area contributed by atoms with E-state index >= 15 is 0 Å². The quantitative estimate of drug-likeness (QED) is 0.628. The third-order valence-electron chi connectivity index (χ3n) is 2.01. The largest absolute Gasteiger partial charge is 0.372 e. The van der Waals surface area contributed by atoms with Gasteiger partial charge in [-0.2, -0.15) is 0 Å². The molecule has 1 nitrogen and oxygen atoms in total. The number of benzene rings is 1. The van der Waals surface area contributed by atoms with Crippen LogP contribution in [0, 0.1) is 0 Å². The fraction of sp³-hybridized carbons (Fsp3) is 0.400. The van der Waals surface area contributed by atoms with Gasteiger partial charge in [-0.1, -0.05) is 18.2 Å². The van der Waals surface area contributed by atoms with E-state index in [1.165, 1.54) is 10.9 Å². The normalized spacial score (nSPS) is 9.92. The second-order valence-electron chi connectivity index (χ2n) is 2.69. The molecule has 1 aromatic carbocycles. The molecule has 2 heteroatoms. The van der Waals surface area contributed by atoms with Gasteiger partial charge >= 0.3 is 0 Å². The van der Waals surface area contributed by atoms with Gasteiger partial charge in [-0.25, -0.2) is 0 Å². The van der Waals surface area contributed by atoms with Crippen LogP contribution in [0.2, 0.25) is 0 Å². The van der Waals surface area contributed by atoms with Crippen molar-refractivity contribution in [3.05, 3.63) is 24.3 Å². The van der Waals surface area contributed by atoms with Crippen molar-refractivity contribution in [2.75, 3.05) is 18.0 Å². The van der Waals surface area contributed by atoms with Gasteiger partial charge in [0.05, 0.1) is 10.2 Å². The van der Waals surface area contributed by atoms with Gasteiger partial charge in [0.25, 0.3) is 0 Å². The summed E-state index contributed by atoms with van der Waals surface area (Å²) in [5, 5.41) is 1.17. The number of hydrogen-bond acceptors (Lipinski definition) is 1. The standard InChI is InChI=1S/C10H14NSi/c1-3-11(4-2)9-7-5-6-8-10(9)12/h5-8H,3-4H2,1-2H3. The molecular weight excluding hydrogens is 162 g/mol. The van der Waals surface area contributed by atoms with Crippen molar-refractivity contribution in [3.63, 3.8) is 0 Å². The van der Waals surface area contributed by atoms with Gasteiger partial charge in [0.2, 0.25) is 0 Å². The van der Waals surface area contributed by atoms with Crippen molar-refractivity contribution in [3.8, 4) is 0 Å². The average Bonchev–Trinajstić information content (AvgIpc) is 2.10. The Bertz CT molecular complexity index is 243. The fourth-order valence-corrected chi connectivity index (χ4v) is 1.65. The maximum atomic E-state index is 3.59. The first-order chi connectivity index (χ1) is 5.79. The van der Waals surface area contributed by atoms with Crippen molar-refractivity contribution < 1.29 is 0 Å². The molecule has 0 aliphatic carbocycles. The lowest BCUT2D eigenvalue weighted by Crippen LogP contribution is -2.27. The van der Waals surface area contributed by atoms with Crippen molar-refractivity contribution in [2.45, 2.75) is 13.8 Å².